The molecule has 136 valence electrons. The lowest BCUT2D eigenvalue weighted by Crippen LogP contribution is -2.65. The van der Waals surface area contributed by atoms with Crippen molar-refractivity contribution in [1.82, 2.24) is 5.32 Å². The van der Waals surface area contributed by atoms with Crippen LogP contribution in [0.15, 0.2) is 0 Å². The average Bonchev–Trinajstić information content (AvgIpc) is 2.33. The SMILES string of the molecule is CC(=O)NC1C(O)OC(COS(=O)(=O)O)C(OS(=O)(=O)O)C1O. The summed E-state index contributed by atoms with van der Waals surface area (Å²) in [6.45, 7) is -0.0223. The van der Waals surface area contributed by atoms with Crippen molar-refractivity contribution in [2.75, 3.05) is 6.61 Å². The topological polar surface area (TPSA) is 206 Å². The molecule has 0 radical (unpaired) electrons. The zero-order valence-corrected chi connectivity index (χ0v) is 13.1. The van der Waals surface area contributed by atoms with Crippen molar-refractivity contribution < 1.29 is 54.1 Å². The first-order chi connectivity index (χ1) is 10.3. The van der Waals surface area contributed by atoms with Gasteiger partial charge in [0.25, 0.3) is 0 Å². The molecule has 1 amide bonds. The number of carbonyl (C=O) groups excluding carboxylic acids is 1. The van der Waals surface area contributed by atoms with Crippen LogP contribution < -0.4 is 5.32 Å². The Kier molecular flexibility index (Phi) is 6.41. The summed E-state index contributed by atoms with van der Waals surface area (Å²) < 4.78 is 72.8. The summed E-state index contributed by atoms with van der Waals surface area (Å²) in [5.41, 5.74) is 0. The molecule has 1 fully saturated rings. The lowest BCUT2D eigenvalue weighted by molar-refractivity contribution is -0.247. The zero-order valence-electron chi connectivity index (χ0n) is 11.5. The highest BCUT2D eigenvalue weighted by molar-refractivity contribution is 7.81. The maximum atomic E-state index is 11.0. The first-order valence-corrected chi connectivity index (χ1v) is 8.59. The Balaban J connectivity index is 3.01. The summed E-state index contributed by atoms with van der Waals surface area (Å²) in [6.07, 6.45) is -7.49. The van der Waals surface area contributed by atoms with E-state index in [0.29, 0.717) is 0 Å². The number of nitrogens with one attached hydrogen (secondary N) is 1. The van der Waals surface area contributed by atoms with Gasteiger partial charge in [0.1, 0.15) is 24.4 Å². The molecule has 13 nitrogen and oxygen atoms in total. The van der Waals surface area contributed by atoms with Crippen molar-refractivity contribution in [3.8, 4) is 0 Å². The van der Waals surface area contributed by atoms with Crippen LogP contribution in [0.2, 0.25) is 0 Å². The second-order valence-electron chi connectivity index (χ2n) is 4.48. The highest BCUT2D eigenvalue weighted by Crippen LogP contribution is 2.24. The van der Waals surface area contributed by atoms with Crippen LogP contribution >= 0.6 is 0 Å². The molecule has 5 atom stereocenters. The third kappa shape index (κ3) is 6.61. The Bertz CT molecular complexity index is 629. The van der Waals surface area contributed by atoms with E-state index in [9.17, 15) is 31.8 Å². The van der Waals surface area contributed by atoms with Crippen molar-refractivity contribution in [3.63, 3.8) is 0 Å². The smallest absolute Gasteiger partial charge is 0.388 e. The fraction of sp³-hybridized carbons (Fsp3) is 0.875. The van der Waals surface area contributed by atoms with Crippen molar-refractivity contribution in [3.05, 3.63) is 0 Å². The largest absolute Gasteiger partial charge is 0.397 e. The molecular formula is C8H15NO12S2. The van der Waals surface area contributed by atoms with Gasteiger partial charge in [-0.25, -0.2) is 8.37 Å². The minimum atomic E-state index is -5.11. The first-order valence-electron chi connectivity index (χ1n) is 5.86. The van der Waals surface area contributed by atoms with Gasteiger partial charge in [0.2, 0.25) is 5.91 Å². The Labute approximate surface area is 131 Å². The van der Waals surface area contributed by atoms with Gasteiger partial charge in [-0.3, -0.25) is 13.9 Å². The second-order valence-corrected chi connectivity index (χ2v) is 6.62. The minimum Gasteiger partial charge on any atom is -0.388 e. The Hall–Kier alpha value is -0.910. The van der Waals surface area contributed by atoms with E-state index in [-0.39, 0.29) is 0 Å². The van der Waals surface area contributed by atoms with E-state index in [1.54, 1.807) is 0 Å². The summed E-state index contributed by atoms with van der Waals surface area (Å²) in [5, 5.41) is 21.7. The van der Waals surface area contributed by atoms with Crippen molar-refractivity contribution in [2.24, 2.45) is 0 Å². The summed E-state index contributed by atoms with van der Waals surface area (Å²) >= 11 is 0. The summed E-state index contributed by atoms with van der Waals surface area (Å²) in [4.78, 5) is 11.0. The molecule has 0 spiro atoms. The van der Waals surface area contributed by atoms with E-state index in [1.807, 2.05) is 0 Å². The normalized spacial score (nSPS) is 32.5. The fourth-order valence-corrected chi connectivity index (χ4v) is 2.70. The van der Waals surface area contributed by atoms with Gasteiger partial charge < -0.3 is 20.3 Å². The number of aliphatic hydroxyl groups excluding tert-OH is 2. The molecule has 0 saturated carbocycles. The molecule has 15 heteroatoms. The quantitative estimate of drug-likeness (QED) is 0.285. The standard InChI is InChI=1S/C8H15NO12S2/c1-3(10)9-5-6(11)7(21-23(16,17)18)4(20-8(5)12)2-19-22(13,14)15/h4-8,11-12H,2H2,1H3,(H,9,10)(H,13,14,15)(H,16,17,18). The number of rotatable bonds is 6. The van der Waals surface area contributed by atoms with Gasteiger partial charge in [0.05, 0.1) is 6.61 Å². The highest BCUT2D eigenvalue weighted by atomic mass is 32.3. The van der Waals surface area contributed by atoms with Crippen molar-refractivity contribution in [1.29, 1.82) is 0 Å². The summed E-state index contributed by atoms with van der Waals surface area (Å²) in [7, 11) is -10.1. The molecule has 1 aliphatic heterocycles. The van der Waals surface area contributed by atoms with Crippen LogP contribution in [-0.4, -0.2) is 79.3 Å². The molecule has 1 rings (SSSR count). The molecule has 23 heavy (non-hydrogen) atoms. The van der Waals surface area contributed by atoms with E-state index >= 15 is 0 Å². The lowest BCUT2D eigenvalue weighted by atomic mass is 9.97. The molecule has 5 N–H and O–H groups in total. The van der Waals surface area contributed by atoms with Gasteiger partial charge in [0.15, 0.2) is 6.29 Å². The van der Waals surface area contributed by atoms with Crippen LogP contribution in [0.1, 0.15) is 6.92 Å². The highest BCUT2D eigenvalue weighted by Gasteiger charge is 2.48. The Morgan fingerprint density at radius 3 is 2.17 bits per heavy atom. The predicted octanol–water partition coefficient (Wildman–Crippen LogP) is -3.42. The number of aliphatic hydroxyl groups is 2. The number of ether oxygens (including phenoxy) is 1. The Morgan fingerprint density at radius 1 is 1.17 bits per heavy atom. The van der Waals surface area contributed by atoms with Crippen LogP contribution in [-0.2, 0) is 38.7 Å². The second kappa shape index (κ2) is 7.32. The number of amides is 1. The van der Waals surface area contributed by atoms with Gasteiger partial charge in [-0.1, -0.05) is 0 Å². The predicted molar refractivity (Wildman–Crippen MR) is 68.4 cm³/mol. The van der Waals surface area contributed by atoms with Crippen LogP contribution in [0.25, 0.3) is 0 Å². The zero-order chi connectivity index (χ0) is 18.0. The van der Waals surface area contributed by atoms with Crippen molar-refractivity contribution in [2.45, 2.75) is 37.6 Å². The molecule has 0 bridgehead atoms. The van der Waals surface area contributed by atoms with Crippen LogP contribution in [0.5, 0.6) is 0 Å². The third-order valence-electron chi connectivity index (χ3n) is 2.68. The van der Waals surface area contributed by atoms with E-state index in [1.165, 1.54) is 0 Å². The van der Waals surface area contributed by atoms with Gasteiger partial charge in [-0.05, 0) is 0 Å². The van der Waals surface area contributed by atoms with Gasteiger partial charge in [0, 0.05) is 6.92 Å². The van der Waals surface area contributed by atoms with E-state index in [0.717, 1.165) is 6.92 Å². The number of hydrogen-bond donors (Lipinski definition) is 5. The average molecular weight is 381 g/mol. The van der Waals surface area contributed by atoms with Crippen LogP contribution in [0, 0.1) is 0 Å². The summed E-state index contributed by atoms with van der Waals surface area (Å²) in [6, 6.07) is -1.54. The molecule has 0 aromatic rings. The van der Waals surface area contributed by atoms with Gasteiger partial charge in [-0.15, -0.1) is 0 Å². The van der Waals surface area contributed by atoms with Crippen LogP contribution in [0.3, 0.4) is 0 Å². The van der Waals surface area contributed by atoms with E-state index in [4.69, 9.17) is 13.8 Å². The molecule has 1 saturated heterocycles. The molecule has 0 aliphatic carbocycles. The Morgan fingerprint density at radius 2 is 1.74 bits per heavy atom. The summed E-state index contributed by atoms with van der Waals surface area (Å²) in [5.74, 6) is -0.713. The monoisotopic (exact) mass is 381 g/mol. The minimum absolute atomic E-state index is 0.713. The van der Waals surface area contributed by atoms with E-state index < -0.39 is 64.0 Å². The maximum absolute atomic E-state index is 11.0. The number of carbonyl (C=O) groups is 1. The van der Waals surface area contributed by atoms with Crippen LogP contribution in [0.4, 0.5) is 0 Å². The molecule has 1 heterocycles. The molecule has 1 aliphatic rings. The van der Waals surface area contributed by atoms with Gasteiger partial charge >= 0.3 is 20.8 Å². The first kappa shape index (κ1) is 20.1. The number of hydrogen-bond acceptors (Lipinski definition) is 10. The van der Waals surface area contributed by atoms with Gasteiger partial charge in [-0.2, -0.15) is 16.8 Å². The fourth-order valence-electron chi connectivity index (χ4n) is 1.87. The third-order valence-corrected chi connectivity index (χ3v) is 3.58. The maximum Gasteiger partial charge on any atom is 0.397 e. The molecule has 0 aromatic heterocycles. The van der Waals surface area contributed by atoms with E-state index in [2.05, 4.69) is 13.7 Å². The van der Waals surface area contributed by atoms with Crippen molar-refractivity contribution >= 4 is 26.7 Å². The molecule has 0 aromatic carbocycles. The lowest BCUT2D eigenvalue weighted by Gasteiger charge is -2.41. The molecular weight excluding hydrogens is 366 g/mol. The molecule has 5 unspecified atom stereocenters.